The Kier molecular flexibility index (Phi) is 8.68. The monoisotopic (exact) mass is 333 g/mol. The van der Waals surface area contributed by atoms with E-state index >= 15 is 0 Å². The van der Waals surface area contributed by atoms with Crippen LogP contribution in [0.2, 0.25) is 0 Å². The summed E-state index contributed by atoms with van der Waals surface area (Å²) in [6.45, 7) is 7.98. The Hall–Kier alpha value is -2.14. The van der Waals surface area contributed by atoms with E-state index in [1.54, 1.807) is 66.3 Å². The number of thioether (sulfide) groups is 1. The SMILES string of the molecule is C=C/C=C(\C=C)N(CCSC)C(=O)COc1ccc(OC)cc1. The van der Waals surface area contributed by atoms with Gasteiger partial charge >= 0.3 is 0 Å². The van der Waals surface area contributed by atoms with Gasteiger partial charge in [-0.25, -0.2) is 0 Å². The maximum atomic E-state index is 12.5. The number of methoxy groups -OCH3 is 1. The van der Waals surface area contributed by atoms with Crippen molar-refractivity contribution in [2.24, 2.45) is 0 Å². The van der Waals surface area contributed by atoms with Gasteiger partial charge in [-0.15, -0.1) is 0 Å². The zero-order valence-corrected chi connectivity index (χ0v) is 14.5. The van der Waals surface area contributed by atoms with Gasteiger partial charge in [0.2, 0.25) is 0 Å². The van der Waals surface area contributed by atoms with Gasteiger partial charge in [-0.05, 0) is 42.7 Å². The third-order valence-electron chi connectivity index (χ3n) is 3.05. The lowest BCUT2D eigenvalue weighted by molar-refractivity contribution is -0.131. The summed E-state index contributed by atoms with van der Waals surface area (Å²) in [5, 5.41) is 0. The van der Waals surface area contributed by atoms with Crippen molar-refractivity contribution >= 4 is 17.7 Å². The zero-order valence-electron chi connectivity index (χ0n) is 13.7. The van der Waals surface area contributed by atoms with Crippen molar-refractivity contribution in [3.05, 3.63) is 61.3 Å². The van der Waals surface area contributed by atoms with E-state index in [1.165, 1.54) is 0 Å². The molecule has 0 aliphatic heterocycles. The van der Waals surface area contributed by atoms with E-state index in [4.69, 9.17) is 9.47 Å². The molecule has 0 bridgehead atoms. The predicted octanol–water partition coefficient (Wildman–Crippen LogP) is 3.52. The third kappa shape index (κ3) is 6.24. The van der Waals surface area contributed by atoms with Crippen LogP contribution in [-0.2, 0) is 4.79 Å². The van der Waals surface area contributed by atoms with Crippen LogP contribution < -0.4 is 9.47 Å². The minimum atomic E-state index is -0.122. The molecule has 0 radical (unpaired) electrons. The molecular weight excluding hydrogens is 310 g/mol. The summed E-state index contributed by atoms with van der Waals surface area (Å²) in [5.74, 6) is 2.07. The lowest BCUT2D eigenvalue weighted by Crippen LogP contribution is -2.35. The summed E-state index contributed by atoms with van der Waals surface area (Å²) in [4.78, 5) is 14.1. The van der Waals surface area contributed by atoms with E-state index in [9.17, 15) is 4.79 Å². The van der Waals surface area contributed by atoms with E-state index in [0.29, 0.717) is 12.3 Å². The van der Waals surface area contributed by atoms with Crippen LogP contribution in [0.15, 0.2) is 61.3 Å². The topological polar surface area (TPSA) is 38.8 Å². The van der Waals surface area contributed by atoms with Crippen LogP contribution in [0.4, 0.5) is 0 Å². The number of hydrogen-bond donors (Lipinski definition) is 0. The summed E-state index contributed by atoms with van der Waals surface area (Å²) < 4.78 is 10.6. The fourth-order valence-electron chi connectivity index (χ4n) is 1.86. The normalized spacial score (nSPS) is 10.8. The zero-order chi connectivity index (χ0) is 17.1. The van der Waals surface area contributed by atoms with E-state index in [-0.39, 0.29) is 12.5 Å². The van der Waals surface area contributed by atoms with Gasteiger partial charge in [0, 0.05) is 18.0 Å². The average molecular weight is 333 g/mol. The van der Waals surface area contributed by atoms with Gasteiger partial charge in [-0.1, -0.05) is 19.2 Å². The molecule has 1 aromatic carbocycles. The Morgan fingerprint density at radius 3 is 2.43 bits per heavy atom. The van der Waals surface area contributed by atoms with Gasteiger partial charge in [0.25, 0.3) is 5.91 Å². The first-order valence-electron chi connectivity index (χ1n) is 7.17. The van der Waals surface area contributed by atoms with Crippen LogP contribution in [-0.4, -0.2) is 43.1 Å². The van der Waals surface area contributed by atoms with Crippen LogP contribution in [0, 0.1) is 0 Å². The summed E-state index contributed by atoms with van der Waals surface area (Å²) >= 11 is 1.68. The van der Waals surface area contributed by atoms with Gasteiger partial charge in [-0.3, -0.25) is 4.79 Å². The van der Waals surface area contributed by atoms with Crippen LogP contribution in [0.3, 0.4) is 0 Å². The molecule has 4 nitrogen and oxygen atoms in total. The highest BCUT2D eigenvalue weighted by Crippen LogP contribution is 2.17. The molecule has 0 N–H and O–H groups in total. The smallest absolute Gasteiger partial charge is 0.264 e. The second kappa shape index (κ2) is 10.6. The van der Waals surface area contributed by atoms with E-state index in [0.717, 1.165) is 17.2 Å². The van der Waals surface area contributed by atoms with Crippen molar-refractivity contribution < 1.29 is 14.3 Å². The molecule has 0 atom stereocenters. The molecule has 0 aromatic heterocycles. The van der Waals surface area contributed by atoms with Crippen molar-refractivity contribution in [2.75, 3.05) is 32.3 Å². The maximum Gasteiger partial charge on any atom is 0.264 e. The second-order valence-electron chi connectivity index (χ2n) is 4.53. The molecule has 124 valence electrons. The average Bonchev–Trinajstić information content (AvgIpc) is 2.59. The number of carbonyl (C=O) groups excluding carboxylic acids is 1. The molecule has 0 unspecified atom stereocenters. The number of hydrogen-bond acceptors (Lipinski definition) is 4. The van der Waals surface area contributed by atoms with Crippen LogP contribution in [0.25, 0.3) is 0 Å². The first-order chi connectivity index (χ1) is 11.2. The molecule has 1 rings (SSSR count). The minimum absolute atomic E-state index is 0.0387. The van der Waals surface area contributed by atoms with Crippen molar-refractivity contribution in [3.8, 4) is 11.5 Å². The first kappa shape index (κ1) is 18.9. The molecule has 0 fully saturated rings. The number of nitrogens with zero attached hydrogens (tertiary/aromatic N) is 1. The number of benzene rings is 1. The maximum absolute atomic E-state index is 12.5. The van der Waals surface area contributed by atoms with Gasteiger partial charge < -0.3 is 14.4 Å². The van der Waals surface area contributed by atoms with Crippen LogP contribution in [0.1, 0.15) is 0 Å². The lowest BCUT2D eigenvalue weighted by Gasteiger charge is -2.23. The standard InChI is InChI=1S/C18H23NO3S/c1-5-7-15(6-2)19(12-13-23-4)18(20)14-22-17-10-8-16(21-3)9-11-17/h5-11H,1-2,12-14H2,3-4H3/b15-7+. The molecule has 5 heteroatoms. The summed E-state index contributed by atoms with van der Waals surface area (Å²) in [5.41, 5.74) is 0.720. The Morgan fingerprint density at radius 2 is 1.91 bits per heavy atom. The molecule has 23 heavy (non-hydrogen) atoms. The highest BCUT2D eigenvalue weighted by molar-refractivity contribution is 7.98. The number of rotatable bonds is 10. The minimum Gasteiger partial charge on any atom is -0.497 e. The van der Waals surface area contributed by atoms with Gasteiger partial charge in [0.1, 0.15) is 11.5 Å². The molecular formula is C18H23NO3S. The van der Waals surface area contributed by atoms with Crippen molar-refractivity contribution in [1.82, 2.24) is 4.90 Å². The molecule has 1 amide bonds. The molecule has 0 spiro atoms. The summed E-state index contributed by atoms with van der Waals surface area (Å²) in [7, 11) is 1.60. The molecule has 0 heterocycles. The van der Waals surface area contributed by atoms with Crippen molar-refractivity contribution in [3.63, 3.8) is 0 Å². The second-order valence-corrected chi connectivity index (χ2v) is 5.52. The number of allylic oxidation sites excluding steroid dienone is 3. The van der Waals surface area contributed by atoms with Gasteiger partial charge in [0.15, 0.2) is 6.61 Å². The summed E-state index contributed by atoms with van der Waals surface area (Å²) in [6, 6.07) is 7.12. The quantitative estimate of drug-likeness (QED) is 0.614. The molecule has 0 saturated heterocycles. The third-order valence-corrected chi connectivity index (χ3v) is 3.64. The first-order valence-corrected chi connectivity index (χ1v) is 8.57. The van der Waals surface area contributed by atoms with Gasteiger partial charge in [0.05, 0.1) is 7.11 Å². The Balaban J connectivity index is 2.73. The molecule has 0 aliphatic carbocycles. The predicted molar refractivity (Wildman–Crippen MR) is 97.1 cm³/mol. The summed E-state index contributed by atoms with van der Waals surface area (Å²) in [6.07, 6.45) is 7.05. The van der Waals surface area contributed by atoms with Gasteiger partial charge in [-0.2, -0.15) is 11.8 Å². The van der Waals surface area contributed by atoms with Crippen molar-refractivity contribution in [1.29, 1.82) is 0 Å². The Bertz CT molecular complexity index is 552. The highest BCUT2D eigenvalue weighted by atomic mass is 32.2. The number of carbonyl (C=O) groups is 1. The molecule has 1 aromatic rings. The lowest BCUT2D eigenvalue weighted by atomic mass is 10.3. The van der Waals surface area contributed by atoms with E-state index in [2.05, 4.69) is 13.2 Å². The molecule has 0 saturated carbocycles. The molecule has 0 aliphatic rings. The number of ether oxygens (including phenoxy) is 2. The largest absolute Gasteiger partial charge is 0.497 e. The van der Waals surface area contributed by atoms with Crippen LogP contribution >= 0.6 is 11.8 Å². The fourth-order valence-corrected chi connectivity index (χ4v) is 2.23. The van der Waals surface area contributed by atoms with E-state index < -0.39 is 0 Å². The Labute approximate surface area is 142 Å². The highest BCUT2D eigenvalue weighted by Gasteiger charge is 2.16. The Morgan fingerprint density at radius 1 is 1.26 bits per heavy atom. The fraction of sp³-hybridized carbons (Fsp3) is 0.278. The van der Waals surface area contributed by atoms with Crippen molar-refractivity contribution in [2.45, 2.75) is 0 Å². The number of amides is 1. The van der Waals surface area contributed by atoms with Crippen LogP contribution in [0.5, 0.6) is 11.5 Å². The van der Waals surface area contributed by atoms with E-state index in [1.807, 2.05) is 6.26 Å².